The summed E-state index contributed by atoms with van der Waals surface area (Å²) in [6.45, 7) is 6.00. The van der Waals surface area contributed by atoms with E-state index >= 15 is 0 Å². The molecule has 0 aromatic rings. The maximum Gasteiger partial charge on any atom is 0.307 e. The van der Waals surface area contributed by atoms with E-state index in [4.69, 9.17) is 4.74 Å². The molecule has 4 aliphatic carbocycles. The van der Waals surface area contributed by atoms with E-state index in [1.54, 1.807) is 13.0 Å². The Morgan fingerprint density at radius 3 is 2.83 bits per heavy atom. The van der Waals surface area contributed by atoms with Crippen molar-refractivity contribution in [2.45, 2.75) is 50.6 Å². The van der Waals surface area contributed by atoms with Gasteiger partial charge in [-0.15, -0.1) is 0 Å². The molecule has 5 aliphatic rings. The lowest BCUT2D eigenvalue weighted by Gasteiger charge is -2.43. The van der Waals surface area contributed by atoms with Crippen molar-refractivity contribution in [3.8, 4) is 0 Å². The molecule has 1 saturated heterocycles. The number of aliphatic hydroxyl groups excluding tert-OH is 2. The lowest BCUT2D eigenvalue weighted by atomic mass is 9.61. The first-order valence-electron chi connectivity index (χ1n) is 8.91. The molecule has 5 heteroatoms. The first kappa shape index (κ1) is 15.1. The van der Waals surface area contributed by atoms with Gasteiger partial charge in [0.1, 0.15) is 0 Å². The zero-order valence-corrected chi connectivity index (χ0v) is 13.8. The number of fused-ring (bicyclic) bond motifs is 1. The van der Waals surface area contributed by atoms with E-state index in [2.05, 4.69) is 6.58 Å². The molecule has 1 spiro atoms. The van der Waals surface area contributed by atoms with Gasteiger partial charge in [-0.25, -0.2) is 0 Å². The van der Waals surface area contributed by atoms with Crippen LogP contribution in [0.5, 0.6) is 0 Å². The van der Waals surface area contributed by atoms with Crippen LogP contribution in [0.3, 0.4) is 0 Å². The van der Waals surface area contributed by atoms with E-state index < -0.39 is 41.2 Å². The topological polar surface area (TPSA) is 87.0 Å². The monoisotopic (exact) mass is 332 g/mol. The van der Waals surface area contributed by atoms with Crippen molar-refractivity contribution in [1.29, 1.82) is 0 Å². The van der Waals surface area contributed by atoms with Crippen molar-refractivity contribution in [3.05, 3.63) is 24.3 Å². The van der Waals surface area contributed by atoms with E-state index in [0.29, 0.717) is 5.92 Å². The zero-order chi connectivity index (χ0) is 17.1. The molecule has 1 heterocycles. The Morgan fingerprint density at radius 2 is 2.12 bits per heavy atom. The molecule has 9 atom stereocenters. The molecule has 3 saturated carbocycles. The minimum absolute atomic E-state index is 0.0619. The van der Waals surface area contributed by atoms with Crippen molar-refractivity contribution in [3.63, 3.8) is 0 Å². The highest BCUT2D eigenvalue weighted by Gasteiger charge is 2.81. The summed E-state index contributed by atoms with van der Waals surface area (Å²) in [5.74, 6) is -1.39. The Hall–Kier alpha value is -1.17. The van der Waals surface area contributed by atoms with Gasteiger partial charge in [0.25, 0.3) is 0 Å². The van der Waals surface area contributed by atoms with Crippen LogP contribution >= 0.6 is 0 Å². The summed E-state index contributed by atoms with van der Waals surface area (Å²) in [5, 5.41) is 31.4. The minimum atomic E-state index is -1.14. The molecule has 24 heavy (non-hydrogen) atoms. The Morgan fingerprint density at radius 1 is 1.38 bits per heavy atom. The molecule has 4 fully saturated rings. The number of carboxylic acids is 1. The van der Waals surface area contributed by atoms with Gasteiger partial charge >= 0.3 is 5.97 Å². The smallest absolute Gasteiger partial charge is 0.307 e. The van der Waals surface area contributed by atoms with Gasteiger partial charge in [0.15, 0.2) is 6.29 Å². The molecule has 130 valence electrons. The third kappa shape index (κ3) is 1.32. The number of ether oxygens (including phenoxy) is 1. The second kappa shape index (κ2) is 4.14. The Balaban J connectivity index is 1.77. The molecule has 0 aromatic carbocycles. The summed E-state index contributed by atoms with van der Waals surface area (Å²) in [6.07, 6.45) is 5.03. The molecule has 4 bridgehead atoms. The summed E-state index contributed by atoms with van der Waals surface area (Å²) < 4.78 is 6.12. The van der Waals surface area contributed by atoms with Crippen LogP contribution in [0, 0.1) is 34.5 Å². The van der Waals surface area contributed by atoms with Crippen molar-refractivity contribution in [2.24, 2.45) is 34.5 Å². The Bertz CT molecular complexity index is 685. The van der Waals surface area contributed by atoms with E-state index in [-0.39, 0.29) is 11.3 Å². The van der Waals surface area contributed by atoms with Gasteiger partial charge in [0.2, 0.25) is 0 Å². The van der Waals surface area contributed by atoms with Gasteiger partial charge in [0, 0.05) is 5.92 Å². The lowest BCUT2D eigenvalue weighted by molar-refractivity contribution is -0.188. The fourth-order valence-corrected chi connectivity index (χ4v) is 7.31. The van der Waals surface area contributed by atoms with E-state index in [1.807, 2.05) is 6.08 Å². The fourth-order valence-electron chi connectivity index (χ4n) is 7.31. The summed E-state index contributed by atoms with van der Waals surface area (Å²) in [4.78, 5) is 12.4. The second-order valence-corrected chi connectivity index (χ2v) is 8.89. The molecular weight excluding hydrogens is 308 g/mol. The van der Waals surface area contributed by atoms with Crippen LogP contribution in [0.15, 0.2) is 24.3 Å². The average Bonchev–Trinajstić information content (AvgIpc) is 2.98. The summed E-state index contributed by atoms with van der Waals surface area (Å²) >= 11 is 0. The number of carbonyl (C=O) groups is 1. The molecule has 9 unspecified atom stereocenters. The number of aliphatic hydroxyl groups is 2. The van der Waals surface area contributed by atoms with E-state index in [1.165, 1.54) is 5.57 Å². The third-order valence-electron chi connectivity index (χ3n) is 8.20. The van der Waals surface area contributed by atoms with Crippen LogP contribution < -0.4 is 0 Å². The SMILES string of the molecule is C=C1CC23CC1CCC2C12C=CC(O)C(C)(C(O)O1)C2C3C(=O)O. The first-order valence-corrected chi connectivity index (χ1v) is 8.91. The van der Waals surface area contributed by atoms with Gasteiger partial charge in [-0.05, 0) is 42.9 Å². The van der Waals surface area contributed by atoms with Crippen LogP contribution in [0.1, 0.15) is 32.6 Å². The van der Waals surface area contributed by atoms with Gasteiger partial charge < -0.3 is 20.1 Å². The van der Waals surface area contributed by atoms with Crippen molar-refractivity contribution in [2.75, 3.05) is 0 Å². The third-order valence-corrected chi connectivity index (χ3v) is 8.20. The van der Waals surface area contributed by atoms with Gasteiger partial charge in [-0.2, -0.15) is 0 Å². The predicted molar refractivity (Wildman–Crippen MR) is 84.7 cm³/mol. The quantitative estimate of drug-likeness (QED) is 0.636. The lowest BCUT2D eigenvalue weighted by Crippen LogP contribution is -2.51. The average molecular weight is 332 g/mol. The minimum Gasteiger partial charge on any atom is -0.481 e. The molecular formula is C19H24O5. The highest BCUT2D eigenvalue weighted by molar-refractivity contribution is 5.74. The predicted octanol–water partition coefficient (Wildman–Crippen LogP) is 1.70. The van der Waals surface area contributed by atoms with Crippen LogP contribution in [0.2, 0.25) is 0 Å². The molecule has 0 radical (unpaired) electrons. The van der Waals surface area contributed by atoms with Crippen molar-refractivity contribution < 1.29 is 24.9 Å². The number of carboxylic acid groups (broad SMARTS) is 1. The molecule has 5 rings (SSSR count). The largest absolute Gasteiger partial charge is 0.481 e. The van der Waals surface area contributed by atoms with Crippen molar-refractivity contribution >= 4 is 5.97 Å². The molecule has 5 nitrogen and oxygen atoms in total. The van der Waals surface area contributed by atoms with Crippen LogP contribution in [0.25, 0.3) is 0 Å². The van der Waals surface area contributed by atoms with E-state index in [9.17, 15) is 20.1 Å². The van der Waals surface area contributed by atoms with Crippen LogP contribution in [-0.4, -0.2) is 39.3 Å². The normalized spacial score (nSPS) is 60.2. The molecule has 0 amide bonds. The maximum atomic E-state index is 12.4. The zero-order valence-electron chi connectivity index (χ0n) is 13.8. The highest BCUT2D eigenvalue weighted by atomic mass is 16.6. The standard InChI is InChI=1S/C19H24O5/c1-9-7-18-8-10(9)3-4-11(18)19-6-5-12(20)17(2,16(23)24-19)14(19)13(18)15(21)22/h5-6,10-14,16,20,23H,1,3-4,7-8H2,2H3,(H,21,22). The van der Waals surface area contributed by atoms with Crippen LogP contribution in [0.4, 0.5) is 0 Å². The van der Waals surface area contributed by atoms with E-state index in [0.717, 1.165) is 25.7 Å². The summed E-state index contributed by atoms with van der Waals surface area (Å²) in [6, 6.07) is 0. The highest BCUT2D eigenvalue weighted by Crippen LogP contribution is 2.77. The van der Waals surface area contributed by atoms with Gasteiger partial charge in [-0.3, -0.25) is 4.79 Å². The fraction of sp³-hybridized carbons (Fsp3) is 0.737. The number of hydrogen-bond donors (Lipinski definition) is 3. The Kier molecular flexibility index (Phi) is 2.61. The summed E-state index contributed by atoms with van der Waals surface area (Å²) in [7, 11) is 0. The number of allylic oxidation sites excluding steroid dienone is 1. The molecule has 1 aliphatic heterocycles. The maximum absolute atomic E-state index is 12.4. The Labute approximate surface area is 141 Å². The van der Waals surface area contributed by atoms with Gasteiger partial charge in [-0.1, -0.05) is 31.2 Å². The summed E-state index contributed by atoms with van der Waals surface area (Å²) in [5.41, 5.74) is -0.938. The number of rotatable bonds is 1. The molecule has 0 aromatic heterocycles. The van der Waals surface area contributed by atoms with Crippen molar-refractivity contribution in [1.82, 2.24) is 0 Å². The first-order chi connectivity index (χ1) is 11.3. The van der Waals surface area contributed by atoms with Gasteiger partial charge in [0.05, 0.1) is 23.0 Å². The van der Waals surface area contributed by atoms with Crippen LogP contribution in [-0.2, 0) is 9.53 Å². The molecule has 3 N–H and O–H groups in total. The number of hydrogen-bond acceptors (Lipinski definition) is 4. The number of aliphatic carboxylic acids is 1. The second-order valence-electron chi connectivity index (χ2n) is 8.89.